The molecule has 1 aliphatic rings. The molecule has 0 atom stereocenters. The fourth-order valence-electron chi connectivity index (χ4n) is 2.62. The van der Waals surface area contributed by atoms with Gasteiger partial charge in [-0.15, -0.1) is 11.3 Å². The Balaban J connectivity index is 1.88. The third-order valence-electron chi connectivity index (χ3n) is 3.95. The maximum absolute atomic E-state index is 12.2. The fraction of sp³-hybridized carbons (Fsp3) is 0.353. The van der Waals surface area contributed by atoms with E-state index in [1.165, 1.54) is 11.3 Å². The summed E-state index contributed by atoms with van der Waals surface area (Å²) in [6.45, 7) is 3.44. The molecule has 0 bridgehead atoms. The smallest absolute Gasteiger partial charge is 0.323 e. The highest BCUT2D eigenvalue weighted by Crippen LogP contribution is 2.12. The molecule has 0 radical (unpaired) electrons. The van der Waals surface area contributed by atoms with Gasteiger partial charge in [-0.1, -0.05) is 6.92 Å². The maximum atomic E-state index is 12.2. The van der Waals surface area contributed by atoms with E-state index in [0.717, 1.165) is 31.6 Å². The second kappa shape index (κ2) is 6.91. The van der Waals surface area contributed by atoms with Gasteiger partial charge in [0.15, 0.2) is 10.6 Å². The number of carbonyl (C=O) groups excluding carboxylic acids is 2. The molecule has 23 heavy (non-hydrogen) atoms. The molecule has 2 aromatic rings. The number of urea groups is 1. The molecular weight excluding hydrogens is 310 g/mol. The van der Waals surface area contributed by atoms with Crippen LogP contribution in [0.15, 0.2) is 40.8 Å². The van der Waals surface area contributed by atoms with E-state index in [4.69, 9.17) is 0 Å². The van der Waals surface area contributed by atoms with Gasteiger partial charge < -0.3 is 4.90 Å². The average molecular weight is 329 g/mol. The van der Waals surface area contributed by atoms with Crippen LogP contribution in [0.3, 0.4) is 0 Å². The Morgan fingerprint density at radius 2 is 1.87 bits per heavy atom. The van der Waals surface area contributed by atoms with Crippen LogP contribution in [-0.4, -0.2) is 34.4 Å². The maximum Gasteiger partial charge on any atom is 0.346 e. The first kappa shape index (κ1) is 15.7. The van der Waals surface area contributed by atoms with E-state index in [9.17, 15) is 9.59 Å². The molecule has 2 heterocycles. The summed E-state index contributed by atoms with van der Waals surface area (Å²) in [5, 5.41) is 1.90. The molecule has 120 valence electrons. The second-order valence-corrected chi connectivity index (χ2v) is 6.34. The number of hydrogen-bond acceptors (Lipinski definition) is 3. The van der Waals surface area contributed by atoms with Crippen molar-refractivity contribution in [2.45, 2.75) is 26.2 Å². The van der Waals surface area contributed by atoms with E-state index in [0.29, 0.717) is 16.8 Å². The highest BCUT2D eigenvalue weighted by atomic mass is 32.1. The zero-order valence-electron chi connectivity index (χ0n) is 13.1. The second-order valence-electron chi connectivity index (χ2n) is 5.47. The first-order valence-electron chi connectivity index (χ1n) is 7.82. The predicted octanol–water partition coefficient (Wildman–Crippen LogP) is 3.25. The van der Waals surface area contributed by atoms with E-state index in [2.05, 4.69) is 4.99 Å². The average Bonchev–Trinajstić information content (AvgIpc) is 3.26. The molecule has 3 rings (SSSR count). The molecule has 1 aromatic carbocycles. The molecule has 1 fully saturated rings. The summed E-state index contributed by atoms with van der Waals surface area (Å²) >= 11 is 1.43. The summed E-state index contributed by atoms with van der Waals surface area (Å²) in [4.78, 5) is 30.6. The van der Waals surface area contributed by atoms with Gasteiger partial charge in [0.25, 0.3) is 0 Å². The highest BCUT2D eigenvalue weighted by molar-refractivity contribution is 7.07. The van der Waals surface area contributed by atoms with Crippen LogP contribution in [0, 0.1) is 0 Å². The van der Waals surface area contributed by atoms with Crippen molar-refractivity contribution in [2.75, 3.05) is 13.1 Å². The van der Waals surface area contributed by atoms with Gasteiger partial charge in [-0.2, -0.15) is 4.99 Å². The summed E-state index contributed by atoms with van der Waals surface area (Å²) in [6, 6.07) is 7.23. The minimum absolute atomic E-state index is 0.126. The summed E-state index contributed by atoms with van der Waals surface area (Å²) in [7, 11) is 0. The SMILES string of the molecule is CCC(=O)c1ccc(-n2ccs/c2=N\C(=O)N2CCCC2)cc1. The summed E-state index contributed by atoms with van der Waals surface area (Å²) in [5.41, 5.74) is 1.60. The molecule has 6 heteroatoms. The van der Waals surface area contributed by atoms with Crippen LogP contribution >= 0.6 is 11.3 Å². The van der Waals surface area contributed by atoms with E-state index < -0.39 is 0 Å². The first-order chi connectivity index (χ1) is 11.2. The minimum Gasteiger partial charge on any atom is -0.323 e. The van der Waals surface area contributed by atoms with Crippen LogP contribution in [0.1, 0.15) is 36.5 Å². The summed E-state index contributed by atoms with van der Waals surface area (Å²) in [5.74, 6) is 0.126. The standard InChI is InChI=1S/C17H19N3O2S/c1-2-15(21)13-5-7-14(8-6-13)20-11-12-23-17(20)18-16(22)19-9-3-4-10-19/h5-8,11-12H,2-4,9-10H2,1H3/b18-17-. The first-order valence-corrected chi connectivity index (χ1v) is 8.70. The third kappa shape index (κ3) is 3.42. The van der Waals surface area contributed by atoms with Crippen molar-refractivity contribution in [3.8, 4) is 5.69 Å². The van der Waals surface area contributed by atoms with Crippen molar-refractivity contribution in [1.82, 2.24) is 9.47 Å². The summed E-state index contributed by atoms with van der Waals surface area (Å²) in [6.07, 6.45) is 4.49. The molecule has 0 unspecified atom stereocenters. The number of thiazole rings is 1. The van der Waals surface area contributed by atoms with E-state index in [1.807, 2.05) is 47.3 Å². The number of Topliss-reactive ketones (excluding diaryl/α,β-unsaturated/α-hetero) is 1. The molecule has 0 N–H and O–H groups in total. The minimum atomic E-state index is -0.170. The zero-order valence-corrected chi connectivity index (χ0v) is 13.9. The number of carbonyl (C=O) groups is 2. The van der Waals surface area contributed by atoms with Gasteiger partial charge in [-0.25, -0.2) is 4.79 Å². The molecule has 5 nitrogen and oxygen atoms in total. The molecule has 2 amide bonds. The van der Waals surface area contributed by atoms with E-state index in [-0.39, 0.29) is 11.8 Å². The lowest BCUT2D eigenvalue weighted by atomic mass is 10.1. The Hall–Kier alpha value is -2.21. The van der Waals surface area contributed by atoms with Gasteiger partial charge >= 0.3 is 6.03 Å². The van der Waals surface area contributed by atoms with Crippen LogP contribution in [0.25, 0.3) is 5.69 Å². The van der Waals surface area contributed by atoms with Crippen LogP contribution in [0.2, 0.25) is 0 Å². The fourth-order valence-corrected chi connectivity index (χ4v) is 3.34. The van der Waals surface area contributed by atoms with Crippen molar-refractivity contribution in [1.29, 1.82) is 0 Å². The quantitative estimate of drug-likeness (QED) is 0.812. The summed E-state index contributed by atoms with van der Waals surface area (Å²) < 4.78 is 1.87. The molecule has 1 saturated heterocycles. The Morgan fingerprint density at radius 3 is 2.52 bits per heavy atom. The monoisotopic (exact) mass is 329 g/mol. The molecule has 1 aliphatic heterocycles. The number of amides is 2. The van der Waals surface area contributed by atoms with Crippen LogP contribution in [0.5, 0.6) is 0 Å². The van der Waals surface area contributed by atoms with Gasteiger partial charge in [-0.3, -0.25) is 9.36 Å². The molecular formula is C17H19N3O2S. The third-order valence-corrected chi connectivity index (χ3v) is 4.70. The van der Waals surface area contributed by atoms with E-state index >= 15 is 0 Å². The molecule has 0 spiro atoms. The molecule has 1 aromatic heterocycles. The van der Waals surface area contributed by atoms with Crippen molar-refractivity contribution in [3.05, 3.63) is 46.2 Å². The predicted molar refractivity (Wildman–Crippen MR) is 90.0 cm³/mol. The van der Waals surface area contributed by atoms with Gasteiger partial charge in [0, 0.05) is 42.3 Å². The largest absolute Gasteiger partial charge is 0.346 e. The normalized spacial score (nSPS) is 15.2. The number of benzene rings is 1. The lowest BCUT2D eigenvalue weighted by Gasteiger charge is -2.10. The number of ketones is 1. The number of rotatable bonds is 3. The zero-order chi connectivity index (χ0) is 16.2. The Bertz CT molecular complexity index is 768. The van der Waals surface area contributed by atoms with Crippen molar-refractivity contribution in [2.24, 2.45) is 4.99 Å². The van der Waals surface area contributed by atoms with Gasteiger partial charge in [0.1, 0.15) is 0 Å². The van der Waals surface area contributed by atoms with Crippen LogP contribution < -0.4 is 4.80 Å². The van der Waals surface area contributed by atoms with Crippen LogP contribution in [0.4, 0.5) is 4.79 Å². The Morgan fingerprint density at radius 1 is 1.17 bits per heavy atom. The number of aromatic nitrogens is 1. The van der Waals surface area contributed by atoms with E-state index in [1.54, 1.807) is 4.90 Å². The number of likely N-dealkylation sites (tertiary alicyclic amines) is 1. The van der Waals surface area contributed by atoms with Crippen LogP contribution in [-0.2, 0) is 0 Å². The lowest BCUT2D eigenvalue weighted by molar-refractivity contribution is 0.0988. The molecule has 0 aliphatic carbocycles. The Kier molecular flexibility index (Phi) is 4.71. The van der Waals surface area contributed by atoms with Gasteiger partial charge in [0.2, 0.25) is 0 Å². The van der Waals surface area contributed by atoms with Crippen molar-refractivity contribution >= 4 is 23.2 Å². The van der Waals surface area contributed by atoms with Gasteiger partial charge in [0.05, 0.1) is 0 Å². The Labute approximate surface area is 138 Å². The van der Waals surface area contributed by atoms with Crippen molar-refractivity contribution < 1.29 is 9.59 Å². The number of nitrogens with zero attached hydrogens (tertiary/aromatic N) is 3. The van der Waals surface area contributed by atoms with Crippen molar-refractivity contribution in [3.63, 3.8) is 0 Å². The molecule has 0 saturated carbocycles. The lowest BCUT2D eigenvalue weighted by Crippen LogP contribution is -2.27. The van der Waals surface area contributed by atoms with Gasteiger partial charge in [-0.05, 0) is 37.1 Å². The highest BCUT2D eigenvalue weighted by Gasteiger charge is 2.17. The number of hydrogen-bond donors (Lipinski definition) is 0. The topological polar surface area (TPSA) is 54.7 Å².